The molecule has 1 amide bonds. The summed E-state index contributed by atoms with van der Waals surface area (Å²) >= 11 is 0. The molecule has 0 unspecified atom stereocenters. The monoisotopic (exact) mass is 374 g/mol. The number of nitrogens with zero attached hydrogens (tertiary/aromatic N) is 3. The number of hydrogen-bond donors (Lipinski definition) is 1. The van der Waals surface area contributed by atoms with Crippen LogP contribution in [-0.2, 0) is 4.79 Å². The Morgan fingerprint density at radius 2 is 1.78 bits per heavy atom. The summed E-state index contributed by atoms with van der Waals surface area (Å²) in [5.74, 6) is 1.75. The number of hydrogen-bond acceptors (Lipinski definition) is 4. The number of amides is 1. The van der Waals surface area contributed by atoms with E-state index in [0.717, 1.165) is 31.6 Å². The molecule has 3 atom stereocenters. The molecular formula is C22H38N4O. The van der Waals surface area contributed by atoms with Gasteiger partial charge in [0.25, 0.3) is 5.91 Å². The molecule has 27 heavy (non-hydrogen) atoms. The van der Waals surface area contributed by atoms with Gasteiger partial charge in [-0.2, -0.15) is 0 Å². The Balaban J connectivity index is 1.51. The SMILES string of the molecule is CN1C(=O)[C@@](CCC2CCCCC2)([C@@H]2CCC[C@H](N3CCCC3)C2)N=C1N. The molecule has 4 rings (SSSR count). The average Bonchev–Trinajstić information content (AvgIpc) is 3.32. The fourth-order valence-corrected chi connectivity index (χ4v) is 6.29. The molecule has 0 bridgehead atoms. The minimum atomic E-state index is -0.575. The lowest BCUT2D eigenvalue weighted by molar-refractivity contribution is -0.133. The molecule has 2 aliphatic heterocycles. The van der Waals surface area contributed by atoms with Gasteiger partial charge in [-0.3, -0.25) is 9.69 Å². The largest absolute Gasteiger partial charge is 0.369 e. The van der Waals surface area contributed by atoms with Gasteiger partial charge in [-0.05, 0) is 69.9 Å². The number of carbonyl (C=O) groups is 1. The molecule has 0 aromatic rings. The fraction of sp³-hybridized carbons (Fsp3) is 0.909. The Labute approximate surface area is 164 Å². The van der Waals surface area contributed by atoms with Gasteiger partial charge in [-0.15, -0.1) is 0 Å². The predicted octanol–water partition coefficient (Wildman–Crippen LogP) is 3.53. The van der Waals surface area contributed by atoms with Crippen molar-refractivity contribution in [3.8, 4) is 0 Å². The maximum Gasteiger partial charge on any atom is 0.257 e. The number of likely N-dealkylation sites (N-methyl/N-ethyl adjacent to an activating group) is 1. The van der Waals surface area contributed by atoms with E-state index < -0.39 is 5.54 Å². The Hall–Kier alpha value is -1.10. The molecule has 5 nitrogen and oxygen atoms in total. The van der Waals surface area contributed by atoms with E-state index in [1.807, 2.05) is 7.05 Å². The van der Waals surface area contributed by atoms with Gasteiger partial charge in [0.2, 0.25) is 0 Å². The molecule has 1 saturated heterocycles. The van der Waals surface area contributed by atoms with Crippen molar-refractivity contribution in [1.82, 2.24) is 9.80 Å². The van der Waals surface area contributed by atoms with Crippen LogP contribution < -0.4 is 5.73 Å². The van der Waals surface area contributed by atoms with Crippen molar-refractivity contribution in [1.29, 1.82) is 0 Å². The Bertz CT molecular complexity index is 565. The zero-order valence-electron chi connectivity index (χ0n) is 17.2. The van der Waals surface area contributed by atoms with E-state index in [4.69, 9.17) is 10.7 Å². The standard InChI is InChI=1S/C22H38N4O/c1-25-20(27)22(24-21(25)23,13-12-17-8-3-2-4-9-17)18-10-7-11-19(16-18)26-14-5-6-15-26/h17-19H,2-16H2,1H3,(H2,23,24)/t18-,19+,22-/m1/s1. The summed E-state index contributed by atoms with van der Waals surface area (Å²) in [6.45, 7) is 2.48. The van der Waals surface area contributed by atoms with E-state index in [0.29, 0.717) is 17.9 Å². The number of carbonyl (C=O) groups excluding carboxylic acids is 1. The summed E-state index contributed by atoms with van der Waals surface area (Å²) in [7, 11) is 1.81. The molecule has 0 spiro atoms. The van der Waals surface area contributed by atoms with Crippen molar-refractivity contribution in [2.24, 2.45) is 22.6 Å². The molecule has 5 heteroatoms. The van der Waals surface area contributed by atoms with Crippen molar-refractivity contribution in [2.45, 2.75) is 95.1 Å². The predicted molar refractivity (Wildman–Crippen MR) is 109 cm³/mol. The number of nitrogens with two attached hydrogens (primary N) is 1. The molecule has 4 aliphatic rings. The third-order valence-electron chi connectivity index (χ3n) is 7.97. The second kappa shape index (κ2) is 8.10. The third-order valence-corrected chi connectivity index (χ3v) is 7.97. The highest BCUT2D eigenvalue weighted by Gasteiger charge is 2.53. The average molecular weight is 375 g/mol. The Morgan fingerprint density at radius 3 is 2.44 bits per heavy atom. The summed E-state index contributed by atoms with van der Waals surface area (Å²) in [5, 5.41) is 0. The highest BCUT2D eigenvalue weighted by molar-refractivity contribution is 6.06. The summed E-state index contributed by atoms with van der Waals surface area (Å²) < 4.78 is 0. The van der Waals surface area contributed by atoms with Crippen molar-refractivity contribution in [3.05, 3.63) is 0 Å². The molecule has 2 N–H and O–H groups in total. The van der Waals surface area contributed by atoms with Crippen LogP contribution in [-0.4, -0.2) is 53.4 Å². The lowest BCUT2D eigenvalue weighted by atomic mass is 9.69. The van der Waals surface area contributed by atoms with Crippen molar-refractivity contribution >= 4 is 11.9 Å². The highest BCUT2D eigenvalue weighted by Crippen LogP contribution is 2.44. The van der Waals surface area contributed by atoms with Crippen LogP contribution in [0, 0.1) is 11.8 Å². The number of aliphatic imine (C=N–C) groups is 1. The van der Waals surface area contributed by atoms with Crippen LogP contribution in [0.25, 0.3) is 0 Å². The highest BCUT2D eigenvalue weighted by atomic mass is 16.2. The molecule has 0 aromatic heterocycles. The van der Waals surface area contributed by atoms with Gasteiger partial charge in [0.15, 0.2) is 5.96 Å². The molecule has 2 aliphatic carbocycles. The summed E-state index contributed by atoms with van der Waals surface area (Å²) in [4.78, 5) is 22.6. The first-order chi connectivity index (χ1) is 13.1. The topological polar surface area (TPSA) is 61.9 Å². The maximum absolute atomic E-state index is 13.4. The van der Waals surface area contributed by atoms with E-state index in [9.17, 15) is 4.79 Å². The number of likely N-dealkylation sites (tertiary alicyclic amines) is 1. The zero-order valence-corrected chi connectivity index (χ0v) is 17.2. The van der Waals surface area contributed by atoms with Crippen LogP contribution in [0.3, 0.4) is 0 Å². The first kappa shape index (κ1) is 19.2. The minimum absolute atomic E-state index is 0.169. The third kappa shape index (κ3) is 3.76. The molecule has 2 heterocycles. The van der Waals surface area contributed by atoms with Gasteiger partial charge in [0, 0.05) is 13.1 Å². The molecule has 0 radical (unpaired) electrons. The summed E-state index contributed by atoms with van der Waals surface area (Å²) in [6.07, 6.45) is 16.3. The van der Waals surface area contributed by atoms with E-state index in [-0.39, 0.29) is 5.91 Å². The second-order valence-electron chi connectivity index (χ2n) is 9.56. The number of rotatable bonds is 5. The van der Waals surface area contributed by atoms with Crippen LogP contribution in [0.1, 0.15) is 83.5 Å². The van der Waals surface area contributed by atoms with Crippen LogP contribution in [0.2, 0.25) is 0 Å². The van der Waals surface area contributed by atoms with Gasteiger partial charge < -0.3 is 10.6 Å². The van der Waals surface area contributed by atoms with Gasteiger partial charge >= 0.3 is 0 Å². The zero-order chi connectivity index (χ0) is 18.9. The molecule has 3 fully saturated rings. The van der Waals surface area contributed by atoms with Gasteiger partial charge in [0.1, 0.15) is 5.54 Å². The lowest BCUT2D eigenvalue weighted by Gasteiger charge is -2.42. The van der Waals surface area contributed by atoms with E-state index in [2.05, 4.69) is 4.90 Å². The van der Waals surface area contributed by atoms with Gasteiger partial charge in [0.05, 0.1) is 0 Å². The molecule has 0 aromatic carbocycles. The normalized spacial score (nSPS) is 36.4. The fourth-order valence-electron chi connectivity index (χ4n) is 6.29. The van der Waals surface area contributed by atoms with Crippen molar-refractivity contribution < 1.29 is 4.79 Å². The van der Waals surface area contributed by atoms with Crippen LogP contribution in [0.5, 0.6) is 0 Å². The summed E-state index contributed by atoms with van der Waals surface area (Å²) in [5.41, 5.74) is 5.59. The van der Waals surface area contributed by atoms with Crippen molar-refractivity contribution in [2.75, 3.05) is 20.1 Å². The molecular weight excluding hydrogens is 336 g/mol. The van der Waals surface area contributed by atoms with E-state index in [1.165, 1.54) is 70.9 Å². The van der Waals surface area contributed by atoms with Gasteiger partial charge in [-0.25, -0.2) is 4.99 Å². The van der Waals surface area contributed by atoms with Crippen molar-refractivity contribution in [3.63, 3.8) is 0 Å². The first-order valence-corrected chi connectivity index (χ1v) is 11.5. The Kier molecular flexibility index (Phi) is 5.77. The first-order valence-electron chi connectivity index (χ1n) is 11.5. The van der Waals surface area contributed by atoms with Crippen LogP contribution >= 0.6 is 0 Å². The van der Waals surface area contributed by atoms with Crippen LogP contribution in [0.15, 0.2) is 4.99 Å². The number of guanidine groups is 1. The Morgan fingerprint density at radius 1 is 1.04 bits per heavy atom. The summed E-state index contributed by atoms with van der Waals surface area (Å²) in [6, 6.07) is 0.646. The quantitative estimate of drug-likeness (QED) is 0.801. The van der Waals surface area contributed by atoms with Gasteiger partial charge in [-0.1, -0.05) is 38.5 Å². The van der Waals surface area contributed by atoms with E-state index in [1.54, 1.807) is 4.90 Å². The maximum atomic E-state index is 13.4. The lowest BCUT2D eigenvalue weighted by Crippen LogP contribution is -2.50. The molecule has 2 saturated carbocycles. The van der Waals surface area contributed by atoms with Crippen LogP contribution in [0.4, 0.5) is 0 Å². The van der Waals surface area contributed by atoms with E-state index >= 15 is 0 Å². The molecule has 152 valence electrons. The minimum Gasteiger partial charge on any atom is -0.369 e. The second-order valence-corrected chi connectivity index (χ2v) is 9.56. The smallest absolute Gasteiger partial charge is 0.257 e.